The molecule has 25 heavy (non-hydrogen) atoms. The van der Waals surface area contributed by atoms with Gasteiger partial charge in [-0.2, -0.15) is 0 Å². The van der Waals surface area contributed by atoms with E-state index in [2.05, 4.69) is 19.8 Å². The number of rotatable bonds is 3. The third-order valence-corrected chi connectivity index (χ3v) is 4.94. The minimum Gasteiger partial charge on any atom is -0.373 e. The van der Waals surface area contributed by atoms with Crippen LogP contribution in [0, 0.1) is 11.6 Å². The number of anilines is 1. The van der Waals surface area contributed by atoms with Gasteiger partial charge in [-0.25, -0.2) is 18.7 Å². The molecule has 0 radical (unpaired) electrons. The second kappa shape index (κ2) is 6.82. The van der Waals surface area contributed by atoms with Crippen molar-refractivity contribution in [3.63, 3.8) is 0 Å². The molecule has 0 amide bonds. The normalized spacial score (nSPS) is 23.7. The smallest absolute Gasteiger partial charge is 0.225 e. The van der Waals surface area contributed by atoms with Crippen molar-refractivity contribution in [3.05, 3.63) is 52.8 Å². The standard InChI is InChI=1S/C17H17ClF2N4O/c18-13-2-1-11(5-14(13)20)8-23-9-15-16(10-23)25-4-3-24(15)17-21-6-12(19)7-22-17/h1-2,5-7,15-16H,3-4,8-10H2/t15-,16+/m1/s1. The molecule has 8 heteroatoms. The lowest BCUT2D eigenvalue weighted by Crippen LogP contribution is -2.51. The van der Waals surface area contributed by atoms with Crippen LogP contribution in [-0.2, 0) is 11.3 Å². The summed E-state index contributed by atoms with van der Waals surface area (Å²) in [5.41, 5.74) is 0.866. The molecule has 1 aromatic heterocycles. The molecule has 2 aromatic rings. The number of nitrogens with zero attached hydrogens (tertiary/aromatic N) is 4. The molecule has 2 aliphatic rings. The third-order valence-electron chi connectivity index (χ3n) is 4.63. The molecule has 0 aliphatic carbocycles. The van der Waals surface area contributed by atoms with Crippen LogP contribution in [0.4, 0.5) is 14.7 Å². The number of morpholine rings is 1. The van der Waals surface area contributed by atoms with Gasteiger partial charge in [0.05, 0.1) is 36.2 Å². The van der Waals surface area contributed by atoms with Crippen LogP contribution < -0.4 is 4.90 Å². The van der Waals surface area contributed by atoms with Crippen LogP contribution in [0.2, 0.25) is 5.02 Å². The Kier molecular flexibility index (Phi) is 4.54. The molecule has 4 rings (SSSR count). The molecule has 1 aromatic carbocycles. The molecule has 2 aliphatic heterocycles. The first-order chi connectivity index (χ1) is 12.1. The fourth-order valence-corrected chi connectivity index (χ4v) is 3.61. The molecule has 132 valence electrons. The van der Waals surface area contributed by atoms with Crippen LogP contribution >= 0.6 is 11.6 Å². The molecular weight excluding hydrogens is 350 g/mol. The van der Waals surface area contributed by atoms with E-state index < -0.39 is 11.6 Å². The fourth-order valence-electron chi connectivity index (χ4n) is 3.49. The monoisotopic (exact) mass is 366 g/mol. The first-order valence-corrected chi connectivity index (χ1v) is 8.50. The highest BCUT2D eigenvalue weighted by molar-refractivity contribution is 6.30. The van der Waals surface area contributed by atoms with Crippen molar-refractivity contribution in [2.75, 3.05) is 31.1 Å². The number of aromatic nitrogens is 2. The second-order valence-electron chi connectivity index (χ2n) is 6.31. The Bertz CT molecular complexity index is 761. The first kappa shape index (κ1) is 16.6. The maximum Gasteiger partial charge on any atom is 0.225 e. The molecular formula is C17H17ClF2N4O. The summed E-state index contributed by atoms with van der Waals surface area (Å²) >= 11 is 5.74. The SMILES string of the molecule is Fc1cnc(N2CCO[C@H]3CN(Cc4ccc(Cl)c(F)c4)C[C@H]32)nc1. The fraction of sp³-hybridized carbons (Fsp3) is 0.412. The van der Waals surface area contributed by atoms with Crippen molar-refractivity contribution >= 4 is 17.5 Å². The van der Waals surface area contributed by atoms with Crippen molar-refractivity contribution in [1.29, 1.82) is 0 Å². The third kappa shape index (κ3) is 3.44. The van der Waals surface area contributed by atoms with E-state index in [1.807, 2.05) is 6.07 Å². The van der Waals surface area contributed by atoms with Crippen molar-refractivity contribution in [2.24, 2.45) is 0 Å². The van der Waals surface area contributed by atoms with Crippen molar-refractivity contribution < 1.29 is 13.5 Å². The largest absolute Gasteiger partial charge is 0.373 e. The quantitative estimate of drug-likeness (QED) is 0.835. The number of fused-ring (bicyclic) bond motifs is 1. The topological polar surface area (TPSA) is 41.5 Å². The number of halogens is 3. The van der Waals surface area contributed by atoms with E-state index in [1.54, 1.807) is 6.07 Å². The molecule has 0 N–H and O–H groups in total. The van der Waals surface area contributed by atoms with Crippen LogP contribution in [0.15, 0.2) is 30.6 Å². The molecule has 0 saturated carbocycles. The molecule has 2 fully saturated rings. The predicted molar refractivity (Wildman–Crippen MR) is 89.6 cm³/mol. The lowest BCUT2D eigenvalue weighted by molar-refractivity contribution is 0.0300. The van der Waals surface area contributed by atoms with Gasteiger partial charge in [-0.3, -0.25) is 4.90 Å². The van der Waals surface area contributed by atoms with Gasteiger partial charge in [0.2, 0.25) is 5.95 Å². The first-order valence-electron chi connectivity index (χ1n) is 8.12. The van der Waals surface area contributed by atoms with Crippen LogP contribution in [-0.4, -0.2) is 53.3 Å². The van der Waals surface area contributed by atoms with E-state index in [4.69, 9.17) is 16.3 Å². The average Bonchev–Trinajstić information content (AvgIpc) is 3.01. The van der Waals surface area contributed by atoms with Gasteiger partial charge < -0.3 is 9.64 Å². The maximum atomic E-state index is 13.6. The average molecular weight is 367 g/mol. The van der Waals surface area contributed by atoms with E-state index in [9.17, 15) is 8.78 Å². The van der Waals surface area contributed by atoms with Gasteiger partial charge in [0.25, 0.3) is 0 Å². The van der Waals surface area contributed by atoms with Gasteiger partial charge in [-0.1, -0.05) is 17.7 Å². The number of ether oxygens (including phenoxy) is 1. The summed E-state index contributed by atoms with van der Waals surface area (Å²) in [6, 6.07) is 4.96. The van der Waals surface area contributed by atoms with Crippen LogP contribution in [0.5, 0.6) is 0 Å². The van der Waals surface area contributed by atoms with E-state index in [0.717, 1.165) is 18.7 Å². The Balaban J connectivity index is 1.48. The summed E-state index contributed by atoms with van der Waals surface area (Å²) in [5, 5.41) is 0.127. The van der Waals surface area contributed by atoms with Crippen LogP contribution in [0.25, 0.3) is 0 Å². The van der Waals surface area contributed by atoms with Crippen molar-refractivity contribution in [2.45, 2.75) is 18.7 Å². The summed E-state index contributed by atoms with van der Waals surface area (Å²) in [6.07, 6.45) is 2.38. The number of hydrogen-bond donors (Lipinski definition) is 0. The number of likely N-dealkylation sites (tertiary alicyclic amines) is 1. The second-order valence-corrected chi connectivity index (χ2v) is 6.72. The lowest BCUT2D eigenvalue weighted by Gasteiger charge is -2.36. The summed E-state index contributed by atoms with van der Waals surface area (Å²) in [5.74, 6) is -0.348. The van der Waals surface area contributed by atoms with E-state index >= 15 is 0 Å². The van der Waals surface area contributed by atoms with Crippen molar-refractivity contribution in [3.8, 4) is 0 Å². The zero-order valence-corrected chi connectivity index (χ0v) is 14.2. The summed E-state index contributed by atoms with van der Waals surface area (Å²) in [4.78, 5) is 12.5. The summed E-state index contributed by atoms with van der Waals surface area (Å²) < 4.78 is 32.6. The minimum atomic E-state index is -0.452. The molecule has 0 spiro atoms. The molecule has 0 bridgehead atoms. The zero-order chi connectivity index (χ0) is 17.4. The predicted octanol–water partition coefficient (Wildman–Crippen LogP) is 2.50. The maximum absolute atomic E-state index is 13.6. The summed E-state index contributed by atoms with van der Waals surface area (Å²) in [6.45, 7) is 3.34. The van der Waals surface area contributed by atoms with Gasteiger partial charge in [-0.15, -0.1) is 0 Å². The number of benzene rings is 1. The Morgan fingerprint density at radius 1 is 1.20 bits per heavy atom. The van der Waals surface area contributed by atoms with Gasteiger partial charge in [0.1, 0.15) is 5.82 Å². The highest BCUT2D eigenvalue weighted by atomic mass is 35.5. The van der Waals surface area contributed by atoms with E-state index in [0.29, 0.717) is 25.6 Å². The highest BCUT2D eigenvalue weighted by Gasteiger charge is 2.41. The van der Waals surface area contributed by atoms with Crippen LogP contribution in [0.1, 0.15) is 5.56 Å². The zero-order valence-electron chi connectivity index (χ0n) is 13.4. The summed E-state index contributed by atoms with van der Waals surface area (Å²) in [7, 11) is 0. The number of hydrogen-bond acceptors (Lipinski definition) is 5. The highest BCUT2D eigenvalue weighted by Crippen LogP contribution is 2.27. The Labute approximate surface area is 149 Å². The van der Waals surface area contributed by atoms with E-state index in [-0.39, 0.29) is 17.2 Å². The molecule has 0 unspecified atom stereocenters. The van der Waals surface area contributed by atoms with Gasteiger partial charge in [0.15, 0.2) is 5.82 Å². The Hall–Kier alpha value is -1.83. The van der Waals surface area contributed by atoms with Crippen molar-refractivity contribution in [1.82, 2.24) is 14.9 Å². The Morgan fingerprint density at radius 2 is 2.00 bits per heavy atom. The van der Waals surface area contributed by atoms with Crippen LogP contribution in [0.3, 0.4) is 0 Å². The molecule has 3 heterocycles. The van der Waals surface area contributed by atoms with Gasteiger partial charge in [0, 0.05) is 26.2 Å². The Morgan fingerprint density at radius 3 is 2.76 bits per heavy atom. The molecule has 2 saturated heterocycles. The minimum absolute atomic E-state index is 0.0274. The lowest BCUT2D eigenvalue weighted by atomic mass is 10.1. The van der Waals surface area contributed by atoms with E-state index in [1.165, 1.54) is 18.5 Å². The molecule has 2 atom stereocenters. The molecule has 5 nitrogen and oxygen atoms in total. The van der Waals surface area contributed by atoms with Gasteiger partial charge >= 0.3 is 0 Å². The van der Waals surface area contributed by atoms with Gasteiger partial charge in [-0.05, 0) is 17.7 Å².